The number of carbonyl (C=O) groups excluding carboxylic acids is 2. The van der Waals surface area contributed by atoms with Crippen LogP contribution < -0.4 is 20.9 Å². The molecule has 3 aromatic rings. The number of piperazine rings is 1. The highest BCUT2D eigenvalue weighted by molar-refractivity contribution is 5.88. The molecule has 1 fully saturated rings. The standard InChI is InChI=1S/C25H29N7O2/c1-3-26-25(34)32-16-14-31(15-17-32)22-10-8-21(9-11-22)29-24-27-13-12-23(30-24)19-4-6-20(7-5-19)28-18(2)33/h4-13H,3,14-17H2,1-2H3,(H,26,34)(H,28,33)(H,27,29,30). The van der Waals surface area contributed by atoms with Gasteiger partial charge < -0.3 is 25.8 Å². The molecule has 0 saturated carbocycles. The normalized spacial score (nSPS) is 13.4. The van der Waals surface area contributed by atoms with Gasteiger partial charge in [0.15, 0.2) is 0 Å². The van der Waals surface area contributed by atoms with Crippen molar-refractivity contribution in [3.05, 3.63) is 60.8 Å². The van der Waals surface area contributed by atoms with Crippen LogP contribution in [0.5, 0.6) is 0 Å². The first-order valence-electron chi connectivity index (χ1n) is 11.4. The van der Waals surface area contributed by atoms with Crippen molar-refractivity contribution in [2.75, 3.05) is 48.3 Å². The smallest absolute Gasteiger partial charge is 0.317 e. The minimum Gasteiger partial charge on any atom is -0.368 e. The monoisotopic (exact) mass is 459 g/mol. The van der Waals surface area contributed by atoms with E-state index in [9.17, 15) is 9.59 Å². The summed E-state index contributed by atoms with van der Waals surface area (Å²) in [5.41, 5.74) is 4.47. The van der Waals surface area contributed by atoms with Crippen molar-refractivity contribution in [2.24, 2.45) is 0 Å². The van der Waals surface area contributed by atoms with Gasteiger partial charge in [0.05, 0.1) is 5.69 Å². The van der Waals surface area contributed by atoms with Crippen molar-refractivity contribution >= 4 is 34.9 Å². The molecule has 3 N–H and O–H groups in total. The molecule has 1 aromatic heterocycles. The van der Waals surface area contributed by atoms with E-state index in [1.54, 1.807) is 6.20 Å². The van der Waals surface area contributed by atoms with E-state index in [1.807, 2.05) is 54.3 Å². The molecule has 2 aromatic carbocycles. The van der Waals surface area contributed by atoms with Crippen LogP contribution in [0.1, 0.15) is 13.8 Å². The second-order valence-corrected chi connectivity index (χ2v) is 8.01. The highest BCUT2D eigenvalue weighted by Gasteiger charge is 2.20. The van der Waals surface area contributed by atoms with Crippen LogP contribution in [0.25, 0.3) is 11.3 Å². The van der Waals surface area contributed by atoms with Gasteiger partial charge in [0.25, 0.3) is 0 Å². The zero-order valence-electron chi connectivity index (χ0n) is 19.4. The predicted molar refractivity (Wildman–Crippen MR) is 134 cm³/mol. The Morgan fingerprint density at radius 2 is 1.59 bits per heavy atom. The number of urea groups is 1. The average molecular weight is 460 g/mol. The number of hydrogen-bond acceptors (Lipinski definition) is 6. The number of rotatable bonds is 6. The molecule has 34 heavy (non-hydrogen) atoms. The number of hydrogen-bond donors (Lipinski definition) is 3. The number of amides is 3. The first-order chi connectivity index (χ1) is 16.5. The van der Waals surface area contributed by atoms with Crippen molar-refractivity contribution in [1.82, 2.24) is 20.2 Å². The lowest BCUT2D eigenvalue weighted by molar-refractivity contribution is -0.114. The number of carbonyl (C=O) groups is 2. The summed E-state index contributed by atoms with van der Waals surface area (Å²) in [5, 5.41) is 8.88. The molecule has 0 bridgehead atoms. The molecular weight excluding hydrogens is 430 g/mol. The van der Waals surface area contributed by atoms with Crippen LogP contribution in [0, 0.1) is 0 Å². The molecule has 176 valence electrons. The summed E-state index contributed by atoms with van der Waals surface area (Å²) in [4.78, 5) is 36.3. The molecule has 1 aliphatic heterocycles. The van der Waals surface area contributed by atoms with E-state index in [4.69, 9.17) is 0 Å². The van der Waals surface area contributed by atoms with Crippen molar-refractivity contribution in [2.45, 2.75) is 13.8 Å². The van der Waals surface area contributed by atoms with Crippen LogP contribution in [0.2, 0.25) is 0 Å². The zero-order chi connectivity index (χ0) is 23.9. The van der Waals surface area contributed by atoms with Gasteiger partial charge >= 0.3 is 6.03 Å². The van der Waals surface area contributed by atoms with E-state index in [0.717, 1.165) is 41.4 Å². The molecule has 0 spiro atoms. The van der Waals surface area contributed by atoms with Gasteiger partial charge in [0.1, 0.15) is 0 Å². The molecule has 1 aliphatic rings. The third kappa shape index (κ3) is 5.80. The largest absolute Gasteiger partial charge is 0.368 e. The second-order valence-electron chi connectivity index (χ2n) is 8.01. The molecular formula is C25H29N7O2. The fourth-order valence-electron chi connectivity index (χ4n) is 3.82. The Hall–Kier alpha value is -4.14. The van der Waals surface area contributed by atoms with Gasteiger partial charge in [-0.3, -0.25) is 4.79 Å². The van der Waals surface area contributed by atoms with Crippen molar-refractivity contribution in [3.8, 4) is 11.3 Å². The Morgan fingerprint density at radius 3 is 2.24 bits per heavy atom. The number of anilines is 4. The molecule has 0 radical (unpaired) electrons. The van der Waals surface area contributed by atoms with E-state index >= 15 is 0 Å². The van der Waals surface area contributed by atoms with Gasteiger partial charge in [0, 0.05) is 68.5 Å². The number of nitrogens with one attached hydrogen (secondary N) is 3. The molecule has 0 atom stereocenters. The van der Waals surface area contributed by atoms with Gasteiger partial charge in [-0.15, -0.1) is 0 Å². The van der Waals surface area contributed by atoms with E-state index in [1.165, 1.54) is 6.92 Å². The Kier molecular flexibility index (Phi) is 7.22. The highest BCUT2D eigenvalue weighted by atomic mass is 16.2. The lowest BCUT2D eigenvalue weighted by Gasteiger charge is -2.36. The first kappa shape index (κ1) is 23.0. The summed E-state index contributed by atoms with van der Waals surface area (Å²) in [6, 6.07) is 17.5. The minimum absolute atomic E-state index is 0.00704. The topological polar surface area (TPSA) is 102 Å². The van der Waals surface area contributed by atoms with Gasteiger partial charge in [-0.05, 0) is 49.4 Å². The molecule has 0 unspecified atom stereocenters. The second kappa shape index (κ2) is 10.7. The lowest BCUT2D eigenvalue weighted by atomic mass is 10.1. The van der Waals surface area contributed by atoms with E-state index in [0.29, 0.717) is 25.6 Å². The van der Waals surface area contributed by atoms with Crippen molar-refractivity contribution < 1.29 is 9.59 Å². The molecule has 9 heteroatoms. The SMILES string of the molecule is CCNC(=O)N1CCN(c2ccc(Nc3nccc(-c4ccc(NC(C)=O)cc4)n3)cc2)CC1. The maximum atomic E-state index is 12.0. The predicted octanol–water partition coefficient (Wildman–Crippen LogP) is 3.70. The third-order valence-corrected chi connectivity index (χ3v) is 5.54. The van der Waals surface area contributed by atoms with Crippen LogP contribution in [0.4, 0.5) is 27.8 Å². The molecule has 1 saturated heterocycles. The molecule has 3 amide bonds. The van der Waals surface area contributed by atoms with Crippen molar-refractivity contribution in [1.29, 1.82) is 0 Å². The number of benzene rings is 2. The van der Waals surface area contributed by atoms with E-state index in [-0.39, 0.29) is 11.9 Å². The fraction of sp³-hybridized carbons (Fsp3) is 0.280. The lowest BCUT2D eigenvalue weighted by Crippen LogP contribution is -2.51. The van der Waals surface area contributed by atoms with Crippen LogP contribution >= 0.6 is 0 Å². The average Bonchev–Trinajstić information content (AvgIpc) is 2.85. The summed E-state index contributed by atoms with van der Waals surface area (Å²) in [5.74, 6) is 0.403. The Labute approximate surface area is 199 Å². The van der Waals surface area contributed by atoms with Crippen molar-refractivity contribution in [3.63, 3.8) is 0 Å². The summed E-state index contributed by atoms with van der Waals surface area (Å²) in [6.07, 6.45) is 1.72. The molecule has 4 rings (SSSR count). The Morgan fingerprint density at radius 1 is 0.912 bits per heavy atom. The summed E-state index contributed by atoms with van der Waals surface area (Å²) in [7, 11) is 0. The summed E-state index contributed by atoms with van der Waals surface area (Å²) >= 11 is 0. The quantitative estimate of drug-likeness (QED) is 0.520. The van der Waals surface area contributed by atoms with Gasteiger partial charge in [-0.2, -0.15) is 0 Å². The maximum Gasteiger partial charge on any atom is 0.317 e. The molecule has 0 aliphatic carbocycles. The van der Waals surface area contributed by atoms with Gasteiger partial charge in [-0.1, -0.05) is 12.1 Å². The summed E-state index contributed by atoms with van der Waals surface area (Å²) in [6.45, 7) is 7.07. The van der Waals surface area contributed by atoms with Crippen LogP contribution in [0.3, 0.4) is 0 Å². The van der Waals surface area contributed by atoms with Gasteiger partial charge in [-0.25, -0.2) is 14.8 Å². The van der Waals surface area contributed by atoms with E-state index < -0.39 is 0 Å². The first-order valence-corrected chi connectivity index (χ1v) is 11.4. The van der Waals surface area contributed by atoms with Crippen LogP contribution in [0.15, 0.2) is 60.8 Å². The van der Waals surface area contributed by atoms with Crippen LogP contribution in [-0.4, -0.2) is 59.5 Å². The Bertz CT molecular complexity index is 1120. The third-order valence-electron chi connectivity index (χ3n) is 5.54. The zero-order valence-corrected chi connectivity index (χ0v) is 19.4. The summed E-state index contributed by atoms with van der Waals surface area (Å²) < 4.78 is 0. The molecule has 2 heterocycles. The fourth-order valence-corrected chi connectivity index (χ4v) is 3.82. The van der Waals surface area contributed by atoms with Gasteiger partial charge in [0.2, 0.25) is 11.9 Å². The minimum atomic E-state index is -0.103. The highest BCUT2D eigenvalue weighted by Crippen LogP contribution is 2.23. The number of nitrogens with zero attached hydrogens (tertiary/aromatic N) is 4. The van der Waals surface area contributed by atoms with E-state index in [2.05, 4.69) is 43.0 Å². The van der Waals surface area contributed by atoms with Crippen LogP contribution in [-0.2, 0) is 4.79 Å². The maximum absolute atomic E-state index is 12.0. The number of aromatic nitrogens is 2. The molecule has 9 nitrogen and oxygen atoms in total. The Balaban J connectivity index is 1.37.